The molecule has 1 rings (SSSR count). The van der Waals surface area contributed by atoms with Crippen molar-refractivity contribution in [3.05, 3.63) is 35.4 Å². The van der Waals surface area contributed by atoms with E-state index < -0.39 is 0 Å². The lowest BCUT2D eigenvalue weighted by molar-refractivity contribution is 0.0955. The van der Waals surface area contributed by atoms with E-state index in [2.05, 4.69) is 5.32 Å². The van der Waals surface area contributed by atoms with Crippen molar-refractivity contribution in [1.82, 2.24) is 5.32 Å². The Morgan fingerprint density at radius 3 is 2.54 bits per heavy atom. The highest BCUT2D eigenvalue weighted by atomic mass is 16.1. The fourth-order valence-electron chi connectivity index (χ4n) is 0.993. The molecule has 0 bridgehead atoms. The third-order valence-electron chi connectivity index (χ3n) is 1.74. The highest BCUT2D eigenvalue weighted by molar-refractivity contribution is 5.94. The average molecular weight is 178 g/mol. The topological polar surface area (TPSA) is 55.1 Å². The number of carbonyl (C=O) groups is 1. The van der Waals surface area contributed by atoms with Crippen molar-refractivity contribution in [3.63, 3.8) is 0 Å². The van der Waals surface area contributed by atoms with Crippen LogP contribution in [0.1, 0.15) is 15.9 Å². The molecule has 0 heterocycles. The van der Waals surface area contributed by atoms with Gasteiger partial charge >= 0.3 is 0 Å². The van der Waals surface area contributed by atoms with Crippen LogP contribution in [0, 0.1) is 6.92 Å². The Morgan fingerprint density at radius 1 is 1.38 bits per heavy atom. The van der Waals surface area contributed by atoms with Gasteiger partial charge in [-0.05, 0) is 19.1 Å². The lowest BCUT2D eigenvalue weighted by Gasteiger charge is -2.02. The molecule has 0 saturated heterocycles. The van der Waals surface area contributed by atoms with Gasteiger partial charge in [-0.25, -0.2) is 0 Å². The van der Waals surface area contributed by atoms with Crippen LogP contribution >= 0.6 is 0 Å². The molecule has 0 aliphatic rings. The van der Waals surface area contributed by atoms with Gasteiger partial charge in [0.05, 0.1) is 0 Å². The van der Waals surface area contributed by atoms with Crippen molar-refractivity contribution in [1.29, 1.82) is 0 Å². The molecule has 3 heteroatoms. The van der Waals surface area contributed by atoms with Crippen molar-refractivity contribution in [2.45, 2.75) is 6.92 Å². The first-order valence-electron chi connectivity index (χ1n) is 4.29. The van der Waals surface area contributed by atoms with Crippen LogP contribution in [0.4, 0.5) is 0 Å². The number of hydrogen-bond acceptors (Lipinski definition) is 2. The maximum atomic E-state index is 11.3. The van der Waals surface area contributed by atoms with E-state index in [0.29, 0.717) is 18.7 Å². The predicted octanol–water partition coefficient (Wildman–Crippen LogP) is 0.684. The van der Waals surface area contributed by atoms with Gasteiger partial charge < -0.3 is 11.1 Å². The number of carbonyl (C=O) groups excluding carboxylic acids is 1. The zero-order valence-electron chi connectivity index (χ0n) is 7.71. The van der Waals surface area contributed by atoms with Gasteiger partial charge in [-0.1, -0.05) is 17.7 Å². The van der Waals surface area contributed by atoms with Crippen molar-refractivity contribution in [2.24, 2.45) is 5.73 Å². The third kappa shape index (κ3) is 2.87. The van der Waals surface area contributed by atoms with Crippen LogP contribution in [-0.2, 0) is 0 Å². The molecular weight excluding hydrogens is 164 g/mol. The summed E-state index contributed by atoms with van der Waals surface area (Å²) in [6.45, 7) is 2.98. The number of nitrogens with one attached hydrogen (secondary N) is 1. The maximum Gasteiger partial charge on any atom is 0.251 e. The number of nitrogens with two attached hydrogens (primary N) is 1. The Kier molecular flexibility index (Phi) is 3.46. The fourth-order valence-corrected chi connectivity index (χ4v) is 0.993. The normalized spacial score (nSPS) is 9.69. The second-order valence-corrected chi connectivity index (χ2v) is 2.91. The summed E-state index contributed by atoms with van der Waals surface area (Å²) in [7, 11) is 0. The summed E-state index contributed by atoms with van der Waals surface area (Å²) in [4.78, 5) is 11.3. The largest absolute Gasteiger partial charge is 0.351 e. The molecule has 0 atom stereocenters. The summed E-state index contributed by atoms with van der Waals surface area (Å²) < 4.78 is 0. The van der Waals surface area contributed by atoms with Gasteiger partial charge in [0, 0.05) is 18.7 Å². The van der Waals surface area contributed by atoms with Gasteiger partial charge in [-0.15, -0.1) is 0 Å². The van der Waals surface area contributed by atoms with E-state index in [9.17, 15) is 4.79 Å². The number of aryl methyl sites for hydroxylation is 1. The van der Waals surface area contributed by atoms with E-state index in [-0.39, 0.29) is 5.91 Å². The van der Waals surface area contributed by atoms with Gasteiger partial charge in [-0.3, -0.25) is 4.79 Å². The second-order valence-electron chi connectivity index (χ2n) is 2.91. The molecule has 0 aliphatic heterocycles. The Balaban J connectivity index is 2.61. The highest BCUT2D eigenvalue weighted by Gasteiger charge is 2.02. The Bertz CT molecular complexity index is 279. The van der Waals surface area contributed by atoms with Gasteiger partial charge in [0.1, 0.15) is 0 Å². The van der Waals surface area contributed by atoms with Gasteiger partial charge in [0.25, 0.3) is 5.91 Å². The molecule has 1 aromatic rings. The first-order chi connectivity index (χ1) is 6.24. The summed E-state index contributed by atoms with van der Waals surface area (Å²) in [6, 6.07) is 7.44. The molecule has 13 heavy (non-hydrogen) atoms. The summed E-state index contributed by atoms with van der Waals surface area (Å²) in [5, 5.41) is 2.70. The van der Waals surface area contributed by atoms with Crippen LogP contribution in [-0.4, -0.2) is 19.0 Å². The first kappa shape index (κ1) is 9.74. The Labute approximate surface area is 77.9 Å². The molecule has 0 spiro atoms. The quantitative estimate of drug-likeness (QED) is 0.715. The third-order valence-corrected chi connectivity index (χ3v) is 1.74. The van der Waals surface area contributed by atoms with Crippen molar-refractivity contribution < 1.29 is 4.79 Å². The van der Waals surface area contributed by atoms with Crippen LogP contribution in [0.2, 0.25) is 0 Å². The van der Waals surface area contributed by atoms with Crippen LogP contribution in [0.5, 0.6) is 0 Å². The molecule has 1 aromatic carbocycles. The monoisotopic (exact) mass is 178 g/mol. The highest BCUT2D eigenvalue weighted by Crippen LogP contribution is 2.02. The minimum Gasteiger partial charge on any atom is -0.351 e. The minimum absolute atomic E-state index is 0.0644. The Morgan fingerprint density at radius 2 is 2.00 bits per heavy atom. The predicted molar refractivity (Wildman–Crippen MR) is 52.6 cm³/mol. The molecule has 0 saturated carbocycles. The van der Waals surface area contributed by atoms with E-state index in [1.54, 1.807) is 12.1 Å². The maximum absolute atomic E-state index is 11.3. The molecule has 3 nitrogen and oxygen atoms in total. The minimum atomic E-state index is -0.0644. The molecule has 0 aromatic heterocycles. The van der Waals surface area contributed by atoms with E-state index in [4.69, 9.17) is 5.73 Å². The summed E-state index contributed by atoms with van der Waals surface area (Å²) >= 11 is 0. The van der Waals surface area contributed by atoms with E-state index in [1.165, 1.54) is 0 Å². The van der Waals surface area contributed by atoms with Crippen LogP contribution in [0.25, 0.3) is 0 Å². The van der Waals surface area contributed by atoms with E-state index >= 15 is 0 Å². The van der Waals surface area contributed by atoms with Gasteiger partial charge in [-0.2, -0.15) is 0 Å². The molecule has 0 aliphatic carbocycles. The zero-order valence-corrected chi connectivity index (χ0v) is 7.71. The second kappa shape index (κ2) is 4.62. The summed E-state index contributed by atoms with van der Waals surface area (Å²) in [6.07, 6.45) is 0. The standard InChI is InChI=1S/C10H14N2O/c1-8-2-4-9(5-3-8)10(13)12-7-6-11/h2-5H,6-7,11H2,1H3,(H,12,13). The molecule has 3 N–H and O–H groups in total. The van der Waals surface area contributed by atoms with Crippen LogP contribution in [0.15, 0.2) is 24.3 Å². The van der Waals surface area contributed by atoms with Crippen LogP contribution < -0.4 is 11.1 Å². The van der Waals surface area contributed by atoms with Gasteiger partial charge in [0.15, 0.2) is 0 Å². The SMILES string of the molecule is Cc1ccc(C(=O)NCCN)cc1. The molecule has 0 radical (unpaired) electrons. The van der Waals surface area contributed by atoms with E-state index in [0.717, 1.165) is 5.56 Å². The summed E-state index contributed by atoms with van der Waals surface area (Å²) in [5.74, 6) is -0.0644. The number of benzene rings is 1. The number of rotatable bonds is 3. The summed E-state index contributed by atoms with van der Waals surface area (Å²) in [5.41, 5.74) is 7.09. The smallest absolute Gasteiger partial charge is 0.251 e. The number of hydrogen-bond donors (Lipinski definition) is 2. The van der Waals surface area contributed by atoms with Crippen molar-refractivity contribution in [2.75, 3.05) is 13.1 Å². The molecule has 0 fully saturated rings. The average Bonchev–Trinajstić information content (AvgIpc) is 2.15. The fraction of sp³-hybridized carbons (Fsp3) is 0.300. The molecule has 70 valence electrons. The lowest BCUT2D eigenvalue weighted by Crippen LogP contribution is -2.28. The number of amides is 1. The van der Waals surface area contributed by atoms with Crippen molar-refractivity contribution in [3.8, 4) is 0 Å². The first-order valence-corrected chi connectivity index (χ1v) is 4.29. The zero-order chi connectivity index (χ0) is 9.68. The van der Waals surface area contributed by atoms with Crippen molar-refractivity contribution >= 4 is 5.91 Å². The van der Waals surface area contributed by atoms with Gasteiger partial charge in [0.2, 0.25) is 0 Å². The van der Waals surface area contributed by atoms with Crippen LogP contribution in [0.3, 0.4) is 0 Å². The molecule has 0 unspecified atom stereocenters. The van der Waals surface area contributed by atoms with E-state index in [1.807, 2.05) is 19.1 Å². The molecule has 1 amide bonds. The lowest BCUT2D eigenvalue weighted by atomic mass is 10.1. The molecular formula is C10H14N2O. The Hall–Kier alpha value is -1.35.